The Kier molecular flexibility index (Phi) is 6.18. The number of benzene rings is 3. The summed E-state index contributed by atoms with van der Waals surface area (Å²) in [5.41, 5.74) is 9.31. The predicted octanol–water partition coefficient (Wildman–Crippen LogP) is 2.95. The van der Waals surface area contributed by atoms with E-state index in [0.29, 0.717) is 45.5 Å². The zero-order valence-corrected chi connectivity index (χ0v) is 22.3. The van der Waals surface area contributed by atoms with Gasteiger partial charge in [-0.1, -0.05) is 28.1 Å². The van der Waals surface area contributed by atoms with Crippen molar-refractivity contribution in [3.63, 3.8) is 0 Å². The number of hydrogen-bond donors (Lipinski definition) is 3. The van der Waals surface area contributed by atoms with Crippen LogP contribution in [0.5, 0.6) is 0 Å². The number of fused-ring (bicyclic) bond motifs is 3. The Bertz CT molecular complexity index is 1780. The Morgan fingerprint density at radius 1 is 0.946 bits per heavy atom. The monoisotopic (exact) mass is 601 g/mol. The molecule has 1 heterocycles. The van der Waals surface area contributed by atoms with Crippen LogP contribution in [-0.2, 0) is 32.9 Å². The smallest absolute Gasteiger partial charge is 0.269 e. The molecule has 0 fully saturated rings. The minimum Gasteiger partial charge on any atom is -0.364 e. The van der Waals surface area contributed by atoms with Crippen molar-refractivity contribution in [2.24, 2.45) is 10.9 Å². The molecule has 3 aromatic carbocycles. The minimum absolute atomic E-state index is 0.0722. The van der Waals surface area contributed by atoms with Gasteiger partial charge in [-0.15, -0.1) is 0 Å². The van der Waals surface area contributed by atoms with E-state index >= 15 is 0 Å². The maximum Gasteiger partial charge on any atom is 0.269 e. The largest absolute Gasteiger partial charge is 0.364 e. The van der Waals surface area contributed by atoms with E-state index in [1.807, 2.05) is 6.07 Å². The molecule has 1 aliphatic carbocycles. The molecular weight excluding hydrogens is 582 g/mol. The predicted molar refractivity (Wildman–Crippen MR) is 141 cm³/mol. The fraction of sp³-hybridized carbons (Fsp3) is 0.0833. The summed E-state index contributed by atoms with van der Waals surface area (Å²) in [6.07, 6.45) is 1.09. The van der Waals surface area contributed by atoms with E-state index in [1.165, 1.54) is 41.1 Å². The number of primary sulfonamides is 1. The summed E-state index contributed by atoms with van der Waals surface area (Å²) >= 11 is 3.29. The second-order valence-corrected chi connectivity index (χ2v) is 12.6. The Morgan fingerprint density at radius 2 is 1.68 bits per heavy atom. The lowest BCUT2D eigenvalue weighted by Crippen LogP contribution is -2.16. The van der Waals surface area contributed by atoms with Gasteiger partial charge in [-0.05, 0) is 73.0 Å². The van der Waals surface area contributed by atoms with Gasteiger partial charge in [-0.25, -0.2) is 26.7 Å². The summed E-state index contributed by atoms with van der Waals surface area (Å²) in [5, 5.41) is 9.64. The molecule has 5 rings (SSSR count). The fourth-order valence-electron chi connectivity index (χ4n) is 4.31. The standard InChI is InChI=1S/C24H20BrN5O5S2/c25-15-2-1-3-19(12-15)37(34,35)29-16-6-4-14-5-11-20-22(24(26)31)28-30(23(20)21(14)13-16)17-7-9-18(10-8-17)36(27,32)33/h1-4,6-10,12-13,29H,5,11H2,(H2,26,31)(H2,27,32,33). The number of aromatic nitrogens is 2. The van der Waals surface area contributed by atoms with Gasteiger partial charge in [0.05, 0.1) is 21.2 Å². The molecule has 37 heavy (non-hydrogen) atoms. The number of carbonyl (C=O) groups is 1. The number of nitrogens with zero attached hydrogens (tertiary/aromatic N) is 2. The third-order valence-electron chi connectivity index (χ3n) is 5.99. The maximum atomic E-state index is 13.0. The van der Waals surface area contributed by atoms with Gasteiger partial charge in [-0.2, -0.15) is 5.10 Å². The highest BCUT2D eigenvalue weighted by Crippen LogP contribution is 2.38. The van der Waals surface area contributed by atoms with Crippen LogP contribution in [0.4, 0.5) is 5.69 Å². The fourth-order valence-corrected chi connectivity index (χ4v) is 6.47. The van der Waals surface area contributed by atoms with E-state index in [1.54, 1.807) is 24.3 Å². The van der Waals surface area contributed by atoms with Crippen LogP contribution in [0.25, 0.3) is 16.9 Å². The normalized spacial score (nSPS) is 13.0. The van der Waals surface area contributed by atoms with Crippen molar-refractivity contribution in [3.05, 3.63) is 88.0 Å². The molecule has 0 bridgehead atoms. The van der Waals surface area contributed by atoms with E-state index in [-0.39, 0.29) is 15.5 Å². The van der Waals surface area contributed by atoms with Crippen molar-refractivity contribution in [3.8, 4) is 16.9 Å². The molecule has 0 aliphatic heterocycles. The van der Waals surface area contributed by atoms with Crippen LogP contribution in [0.15, 0.2) is 81.0 Å². The summed E-state index contributed by atoms with van der Waals surface area (Å²) in [6.45, 7) is 0. The lowest BCUT2D eigenvalue weighted by Gasteiger charge is -2.20. The molecule has 0 spiro atoms. The van der Waals surface area contributed by atoms with E-state index in [9.17, 15) is 21.6 Å². The van der Waals surface area contributed by atoms with Crippen LogP contribution in [0.1, 0.15) is 21.6 Å². The summed E-state index contributed by atoms with van der Waals surface area (Å²) in [4.78, 5) is 12.2. The average Bonchev–Trinajstić information content (AvgIpc) is 3.24. The molecular formula is C24H20BrN5O5S2. The van der Waals surface area contributed by atoms with Crippen molar-refractivity contribution in [1.82, 2.24) is 9.78 Å². The van der Waals surface area contributed by atoms with Gasteiger partial charge < -0.3 is 5.73 Å². The van der Waals surface area contributed by atoms with Crippen molar-refractivity contribution in [1.29, 1.82) is 0 Å². The molecule has 190 valence electrons. The van der Waals surface area contributed by atoms with Gasteiger partial charge in [0.25, 0.3) is 15.9 Å². The number of carbonyl (C=O) groups excluding carboxylic acids is 1. The SMILES string of the molecule is NC(=O)c1nn(-c2ccc(S(N)(=O)=O)cc2)c2c1CCc1ccc(NS(=O)(=O)c3cccc(Br)c3)cc1-2. The zero-order valence-electron chi connectivity index (χ0n) is 19.0. The van der Waals surface area contributed by atoms with E-state index < -0.39 is 26.0 Å². The molecule has 0 atom stereocenters. The first-order valence-electron chi connectivity index (χ1n) is 10.9. The highest BCUT2D eigenvalue weighted by atomic mass is 79.9. The molecule has 1 amide bonds. The molecule has 0 saturated heterocycles. The van der Waals surface area contributed by atoms with Crippen molar-refractivity contribution < 1.29 is 21.6 Å². The second-order valence-electron chi connectivity index (χ2n) is 8.43. The molecule has 5 N–H and O–H groups in total. The number of sulfonamides is 2. The highest BCUT2D eigenvalue weighted by molar-refractivity contribution is 9.10. The van der Waals surface area contributed by atoms with E-state index in [2.05, 4.69) is 25.8 Å². The molecule has 1 aliphatic rings. The Balaban J connectivity index is 1.63. The minimum atomic E-state index is -3.90. The van der Waals surface area contributed by atoms with E-state index in [4.69, 9.17) is 10.9 Å². The average molecular weight is 602 g/mol. The first-order valence-corrected chi connectivity index (χ1v) is 14.7. The number of primary amides is 1. The van der Waals surface area contributed by atoms with Gasteiger partial charge in [0.15, 0.2) is 5.69 Å². The van der Waals surface area contributed by atoms with Crippen LogP contribution in [0.2, 0.25) is 0 Å². The van der Waals surface area contributed by atoms with Gasteiger partial charge >= 0.3 is 0 Å². The number of aryl methyl sites for hydroxylation is 1. The molecule has 0 unspecified atom stereocenters. The number of hydrogen-bond acceptors (Lipinski definition) is 6. The Morgan fingerprint density at radius 3 is 2.32 bits per heavy atom. The quantitative estimate of drug-likeness (QED) is 0.307. The Hall–Kier alpha value is -3.52. The maximum absolute atomic E-state index is 13.0. The first-order chi connectivity index (χ1) is 17.4. The molecule has 0 saturated carbocycles. The molecule has 0 radical (unpaired) electrons. The second kappa shape index (κ2) is 9.10. The van der Waals surface area contributed by atoms with Crippen LogP contribution in [-0.4, -0.2) is 32.5 Å². The number of rotatable bonds is 6. The zero-order chi connectivity index (χ0) is 26.5. The summed E-state index contributed by atoms with van der Waals surface area (Å²) in [5.74, 6) is -0.703. The summed E-state index contributed by atoms with van der Waals surface area (Å²) < 4.78 is 54.1. The summed E-state index contributed by atoms with van der Waals surface area (Å²) in [7, 11) is -7.77. The number of nitrogens with two attached hydrogens (primary N) is 2. The molecule has 10 nitrogen and oxygen atoms in total. The van der Waals surface area contributed by atoms with Gasteiger partial charge in [0.1, 0.15) is 0 Å². The Labute approximate surface area is 221 Å². The van der Waals surface area contributed by atoms with Crippen molar-refractivity contribution in [2.45, 2.75) is 22.6 Å². The molecule has 1 aromatic heterocycles. The van der Waals surface area contributed by atoms with Crippen molar-refractivity contribution >= 4 is 47.6 Å². The number of amides is 1. The van der Waals surface area contributed by atoms with E-state index in [0.717, 1.165) is 5.56 Å². The van der Waals surface area contributed by atoms with Crippen LogP contribution >= 0.6 is 15.9 Å². The first kappa shape index (κ1) is 25.1. The number of nitrogens with one attached hydrogen (secondary N) is 1. The highest BCUT2D eigenvalue weighted by Gasteiger charge is 2.29. The van der Waals surface area contributed by atoms with Crippen LogP contribution in [0, 0.1) is 0 Å². The van der Waals surface area contributed by atoms with Gasteiger partial charge in [-0.3, -0.25) is 9.52 Å². The number of anilines is 1. The molecule has 13 heteroatoms. The van der Waals surface area contributed by atoms with Gasteiger partial charge in [0.2, 0.25) is 10.0 Å². The topological polar surface area (TPSA) is 167 Å². The summed E-state index contributed by atoms with van der Waals surface area (Å²) in [6, 6.07) is 17.3. The lowest BCUT2D eigenvalue weighted by atomic mass is 9.88. The third-order valence-corrected chi connectivity index (χ3v) is 8.80. The van der Waals surface area contributed by atoms with Crippen LogP contribution < -0.4 is 15.6 Å². The van der Waals surface area contributed by atoms with Crippen LogP contribution in [0.3, 0.4) is 0 Å². The molecule has 4 aromatic rings. The van der Waals surface area contributed by atoms with Gasteiger partial charge in [0, 0.05) is 21.3 Å². The third kappa shape index (κ3) is 4.78. The van der Waals surface area contributed by atoms with Crippen molar-refractivity contribution in [2.75, 3.05) is 4.72 Å². The number of halogens is 1. The lowest BCUT2D eigenvalue weighted by molar-refractivity contribution is 0.0994.